The number of piperidine rings is 2. The number of carboxylic acid groups (broad SMARTS) is 1. The number of aromatic nitrogens is 4. The lowest BCUT2D eigenvalue weighted by Crippen LogP contribution is -2.43. The van der Waals surface area contributed by atoms with Gasteiger partial charge in [0.2, 0.25) is 11.9 Å². The summed E-state index contributed by atoms with van der Waals surface area (Å²) in [6, 6.07) is 0. The van der Waals surface area contributed by atoms with E-state index in [1.165, 1.54) is 0 Å². The third-order valence-corrected chi connectivity index (χ3v) is 7.10. The lowest BCUT2D eigenvalue weighted by molar-refractivity contribution is -0.149. The first-order valence-corrected chi connectivity index (χ1v) is 13.2. The van der Waals surface area contributed by atoms with Crippen LogP contribution >= 0.6 is 31.9 Å². The van der Waals surface area contributed by atoms with E-state index in [0.29, 0.717) is 38.5 Å². The largest absolute Gasteiger partial charge is 0.481 e. The molecule has 0 aromatic carbocycles. The normalized spacial score (nSPS) is 17.8. The molecule has 190 valence electrons. The smallest absolute Gasteiger partial charge is 0.309 e. The number of rotatable bonds is 5. The maximum Gasteiger partial charge on any atom is 0.309 e. The number of nitrogens with zero attached hydrogens (tertiary/aromatic N) is 6. The van der Waals surface area contributed by atoms with Crippen LogP contribution in [-0.4, -0.2) is 69.8 Å². The molecule has 10 nitrogen and oxygen atoms in total. The molecule has 0 bridgehead atoms. The second-order valence-electron chi connectivity index (χ2n) is 8.77. The Kier molecular flexibility index (Phi) is 9.79. The zero-order valence-corrected chi connectivity index (χ0v) is 23.0. The Morgan fingerprint density at radius 3 is 1.77 bits per heavy atom. The number of carbonyl (C=O) groups excluding carboxylic acids is 1. The molecule has 4 rings (SSSR count). The maximum absolute atomic E-state index is 11.6. The minimum atomic E-state index is -0.714. The van der Waals surface area contributed by atoms with Crippen molar-refractivity contribution in [3.05, 3.63) is 33.7 Å². The number of aliphatic carboxylic acids is 1. The van der Waals surface area contributed by atoms with Crippen molar-refractivity contribution in [3.8, 4) is 0 Å². The van der Waals surface area contributed by atoms with Gasteiger partial charge in [0.15, 0.2) is 0 Å². The summed E-state index contributed by atoms with van der Waals surface area (Å²) in [5.41, 5.74) is -0.605. The highest BCUT2D eigenvalue weighted by molar-refractivity contribution is 9.10. The molecule has 4 heterocycles. The number of ether oxygens (including phenoxy) is 1. The first-order valence-electron chi connectivity index (χ1n) is 11.6. The number of hydrogen-bond donors (Lipinski definition) is 1. The summed E-state index contributed by atoms with van der Waals surface area (Å²) in [5, 5.41) is 9.13. The zero-order chi connectivity index (χ0) is 25.4. The Labute approximate surface area is 221 Å². The summed E-state index contributed by atoms with van der Waals surface area (Å²) in [6.45, 7) is 7.05. The van der Waals surface area contributed by atoms with E-state index in [0.717, 1.165) is 40.8 Å². The highest BCUT2D eigenvalue weighted by Gasteiger charge is 2.37. The molecule has 0 aliphatic carbocycles. The Balaban J connectivity index is 0.000000196. The number of anilines is 2. The molecule has 0 atom stereocenters. The van der Waals surface area contributed by atoms with Crippen LogP contribution in [0.2, 0.25) is 0 Å². The van der Waals surface area contributed by atoms with Crippen LogP contribution < -0.4 is 9.80 Å². The van der Waals surface area contributed by atoms with Crippen molar-refractivity contribution in [2.45, 2.75) is 39.5 Å². The summed E-state index contributed by atoms with van der Waals surface area (Å²) in [5.74, 6) is 0.626. The Morgan fingerprint density at radius 2 is 1.37 bits per heavy atom. The fraction of sp³-hybridized carbons (Fsp3) is 0.565. The molecular formula is C23H30Br2N6O4. The van der Waals surface area contributed by atoms with Crippen LogP contribution in [0, 0.1) is 11.3 Å². The van der Waals surface area contributed by atoms with Crippen molar-refractivity contribution in [2.24, 2.45) is 11.3 Å². The highest BCUT2D eigenvalue weighted by atomic mass is 79.9. The number of carbonyl (C=O) groups is 2. The van der Waals surface area contributed by atoms with Gasteiger partial charge in [-0.05, 0) is 71.4 Å². The lowest BCUT2D eigenvalue weighted by Gasteiger charge is -2.36. The highest BCUT2D eigenvalue weighted by Crippen LogP contribution is 2.32. The molecule has 0 spiro atoms. The summed E-state index contributed by atoms with van der Waals surface area (Å²) in [4.78, 5) is 43.8. The summed E-state index contributed by atoms with van der Waals surface area (Å²) in [7, 11) is 0. The second-order valence-corrected chi connectivity index (χ2v) is 10.6. The second kappa shape index (κ2) is 12.6. The van der Waals surface area contributed by atoms with E-state index >= 15 is 0 Å². The van der Waals surface area contributed by atoms with Gasteiger partial charge >= 0.3 is 11.9 Å². The Bertz CT molecular complexity index is 977. The fourth-order valence-electron chi connectivity index (χ4n) is 3.93. The van der Waals surface area contributed by atoms with E-state index in [9.17, 15) is 9.59 Å². The van der Waals surface area contributed by atoms with Crippen LogP contribution in [0.3, 0.4) is 0 Å². The molecule has 2 aliphatic heterocycles. The Hall–Kier alpha value is -2.34. The molecule has 0 saturated carbocycles. The van der Waals surface area contributed by atoms with Gasteiger partial charge in [0.05, 0.1) is 26.9 Å². The number of halogens is 2. The minimum absolute atomic E-state index is 0.0247. The van der Waals surface area contributed by atoms with Crippen LogP contribution in [0.25, 0.3) is 0 Å². The molecule has 2 aromatic rings. The molecule has 2 aromatic heterocycles. The SMILES string of the molecule is CC1(C(=O)O)CCN(c2ncc(Br)cn2)CC1.CCOC(=O)C1CCN(c2ncc(Br)cn2)CC1. The third kappa shape index (κ3) is 7.57. The van der Waals surface area contributed by atoms with Gasteiger partial charge in [0.25, 0.3) is 0 Å². The lowest BCUT2D eigenvalue weighted by atomic mass is 9.80. The quantitative estimate of drug-likeness (QED) is 0.496. The van der Waals surface area contributed by atoms with Crippen molar-refractivity contribution in [1.82, 2.24) is 19.9 Å². The fourth-order valence-corrected chi connectivity index (χ4v) is 4.34. The van der Waals surface area contributed by atoms with Crippen molar-refractivity contribution in [3.63, 3.8) is 0 Å². The van der Waals surface area contributed by atoms with E-state index in [1.54, 1.807) is 31.7 Å². The Morgan fingerprint density at radius 1 is 0.943 bits per heavy atom. The van der Waals surface area contributed by atoms with Gasteiger partial charge < -0.3 is 19.6 Å². The number of carboxylic acids is 1. The van der Waals surface area contributed by atoms with Crippen molar-refractivity contribution in [1.29, 1.82) is 0 Å². The maximum atomic E-state index is 11.6. The summed E-state index contributed by atoms with van der Waals surface area (Å²) < 4.78 is 6.75. The predicted octanol–water partition coefficient (Wildman–Crippen LogP) is 3.95. The van der Waals surface area contributed by atoms with Gasteiger partial charge in [-0.25, -0.2) is 19.9 Å². The van der Waals surface area contributed by atoms with Gasteiger partial charge in [0.1, 0.15) is 0 Å². The zero-order valence-electron chi connectivity index (χ0n) is 19.9. The molecule has 0 radical (unpaired) electrons. The van der Waals surface area contributed by atoms with Crippen LogP contribution in [-0.2, 0) is 14.3 Å². The van der Waals surface area contributed by atoms with E-state index in [4.69, 9.17) is 9.84 Å². The summed E-state index contributed by atoms with van der Waals surface area (Å²) in [6.07, 6.45) is 9.74. The molecule has 35 heavy (non-hydrogen) atoms. The molecule has 0 amide bonds. The number of esters is 1. The van der Waals surface area contributed by atoms with Gasteiger partial charge in [-0.15, -0.1) is 0 Å². The standard InChI is InChI=1S/C12H16BrN3O2.C11H14BrN3O2/c1-2-18-11(17)9-3-5-16(6-4-9)12-14-7-10(13)8-15-12;1-11(9(16)17)2-4-15(5-3-11)10-13-6-8(12)7-14-10/h7-9H,2-6H2,1H3;6-7H,2-5H2,1H3,(H,16,17). The molecule has 12 heteroatoms. The monoisotopic (exact) mass is 612 g/mol. The molecule has 2 saturated heterocycles. The minimum Gasteiger partial charge on any atom is -0.481 e. The molecule has 1 N–H and O–H groups in total. The van der Waals surface area contributed by atoms with Gasteiger partial charge in [-0.1, -0.05) is 0 Å². The predicted molar refractivity (Wildman–Crippen MR) is 138 cm³/mol. The summed E-state index contributed by atoms with van der Waals surface area (Å²) >= 11 is 6.60. The first kappa shape index (κ1) is 27.3. The topological polar surface area (TPSA) is 122 Å². The first-order chi connectivity index (χ1) is 16.7. The van der Waals surface area contributed by atoms with Crippen LogP contribution in [0.1, 0.15) is 39.5 Å². The average molecular weight is 614 g/mol. The molecular weight excluding hydrogens is 584 g/mol. The van der Waals surface area contributed by atoms with Crippen LogP contribution in [0.15, 0.2) is 33.7 Å². The molecule has 2 fully saturated rings. The number of hydrogen-bond acceptors (Lipinski definition) is 9. The van der Waals surface area contributed by atoms with Gasteiger partial charge in [-0.2, -0.15) is 0 Å². The van der Waals surface area contributed by atoms with Crippen molar-refractivity contribution < 1.29 is 19.4 Å². The molecule has 0 unspecified atom stereocenters. The van der Waals surface area contributed by atoms with Crippen molar-refractivity contribution >= 4 is 55.7 Å². The average Bonchev–Trinajstić information content (AvgIpc) is 2.86. The third-order valence-electron chi connectivity index (χ3n) is 6.28. The van der Waals surface area contributed by atoms with E-state index in [-0.39, 0.29) is 11.9 Å². The van der Waals surface area contributed by atoms with Gasteiger partial charge in [0, 0.05) is 51.0 Å². The van der Waals surface area contributed by atoms with Crippen LogP contribution in [0.4, 0.5) is 11.9 Å². The van der Waals surface area contributed by atoms with Crippen molar-refractivity contribution in [2.75, 3.05) is 42.6 Å². The van der Waals surface area contributed by atoms with Crippen LogP contribution in [0.5, 0.6) is 0 Å². The van der Waals surface area contributed by atoms with E-state index in [1.807, 2.05) is 11.8 Å². The van der Waals surface area contributed by atoms with Gasteiger partial charge in [-0.3, -0.25) is 9.59 Å². The van der Waals surface area contributed by atoms with E-state index < -0.39 is 11.4 Å². The van der Waals surface area contributed by atoms with E-state index in [2.05, 4.69) is 56.7 Å². The molecule has 2 aliphatic rings.